The Balaban J connectivity index is 3.05. The molecule has 1 aromatic rings. The van der Waals surface area contributed by atoms with Gasteiger partial charge >= 0.3 is 5.97 Å². The van der Waals surface area contributed by atoms with Crippen LogP contribution in [0.2, 0.25) is 0 Å². The molecule has 1 atom stereocenters. The van der Waals surface area contributed by atoms with Gasteiger partial charge in [0.2, 0.25) is 0 Å². The lowest BCUT2D eigenvalue weighted by molar-refractivity contribution is -0.151. The Hall–Kier alpha value is -2.35. The van der Waals surface area contributed by atoms with Gasteiger partial charge in [0.05, 0.1) is 13.2 Å². The standard InChI is InChI=1S/C11H9NO4/c1-16-11(15)10(14)9(6-12)7-3-2-4-8(13)5-7/h2-5,9,13H,1H3. The summed E-state index contributed by atoms with van der Waals surface area (Å²) in [6.45, 7) is 0. The van der Waals surface area contributed by atoms with Crippen molar-refractivity contribution in [3.8, 4) is 11.8 Å². The highest BCUT2D eigenvalue weighted by Gasteiger charge is 2.27. The van der Waals surface area contributed by atoms with Crippen LogP contribution in [0.1, 0.15) is 11.5 Å². The van der Waals surface area contributed by atoms with Gasteiger partial charge in [-0.15, -0.1) is 0 Å². The van der Waals surface area contributed by atoms with Gasteiger partial charge < -0.3 is 9.84 Å². The van der Waals surface area contributed by atoms with E-state index in [0.717, 1.165) is 7.11 Å². The summed E-state index contributed by atoms with van der Waals surface area (Å²) in [4.78, 5) is 22.4. The third kappa shape index (κ3) is 2.36. The largest absolute Gasteiger partial charge is 0.508 e. The number of esters is 1. The fourth-order valence-corrected chi connectivity index (χ4v) is 1.21. The van der Waals surface area contributed by atoms with Gasteiger partial charge in [0.1, 0.15) is 11.7 Å². The first-order valence-electron chi connectivity index (χ1n) is 4.41. The maximum absolute atomic E-state index is 11.4. The van der Waals surface area contributed by atoms with Crippen LogP contribution in [0, 0.1) is 11.3 Å². The molecule has 0 saturated heterocycles. The quantitative estimate of drug-likeness (QED) is 0.598. The van der Waals surface area contributed by atoms with Crippen LogP contribution in [0.3, 0.4) is 0 Å². The molecule has 0 aliphatic rings. The van der Waals surface area contributed by atoms with Crippen molar-refractivity contribution in [1.82, 2.24) is 0 Å². The SMILES string of the molecule is COC(=O)C(=O)C(C#N)c1cccc(O)c1. The summed E-state index contributed by atoms with van der Waals surface area (Å²) in [5.74, 6) is -3.35. The van der Waals surface area contributed by atoms with Crippen molar-refractivity contribution in [2.24, 2.45) is 0 Å². The molecular formula is C11H9NO4. The van der Waals surface area contributed by atoms with Gasteiger partial charge in [-0.2, -0.15) is 5.26 Å². The maximum Gasteiger partial charge on any atom is 0.376 e. The predicted molar refractivity (Wildman–Crippen MR) is 53.5 cm³/mol. The molecule has 0 radical (unpaired) electrons. The topological polar surface area (TPSA) is 87.4 Å². The molecule has 0 aromatic heterocycles. The zero-order chi connectivity index (χ0) is 12.1. The zero-order valence-electron chi connectivity index (χ0n) is 8.51. The number of phenolic OH excluding ortho intramolecular Hbond substituents is 1. The lowest BCUT2D eigenvalue weighted by atomic mass is 9.96. The molecule has 82 valence electrons. The van der Waals surface area contributed by atoms with Crippen molar-refractivity contribution in [3.05, 3.63) is 29.8 Å². The molecule has 0 saturated carbocycles. The molecule has 5 nitrogen and oxygen atoms in total. The second-order valence-corrected chi connectivity index (χ2v) is 3.01. The van der Waals surface area contributed by atoms with Crippen LogP contribution in [-0.4, -0.2) is 24.0 Å². The molecule has 0 heterocycles. The van der Waals surface area contributed by atoms with Gasteiger partial charge in [-0.1, -0.05) is 12.1 Å². The highest BCUT2D eigenvalue weighted by molar-refractivity contribution is 6.36. The number of ketones is 1. The zero-order valence-corrected chi connectivity index (χ0v) is 8.51. The summed E-state index contributed by atoms with van der Waals surface area (Å²) in [5, 5.41) is 18.0. The van der Waals surface area contributed by atoms with Crippen LogP contribution in [0.4, 0.5) is 0 Å². The Labute approximate surface area is 91.9 Å². The smallest absolute Gasteiger partial charge is 0.376 e. The number of carbonyl (C=O) groups is 2. The predicted octanol–water partition coefficient (Wildman–Crippen LogP) is 0.741. The lowest BCUT2D eigenvalue weighted by Gasteiger charge is -2.06. The molecule has 0 bridgehead atoms. The van der Waals surface area contributed by atoms with Crippen molar-refractivity contribution < 1.29 is 19.4 Å². The van der Waals surface area contributed by atoms with Crippen LogP contribution < -0.4 is 0 Å². The van der Waals surface area contributed by atoms with Crippen LogP contribution >= 0.6 is 0 Å². The fourth-order valence-electron chi connectivity index (χ4n) is 1.21. The molecule has 0 aliphatic carbocycles. The van der Waals surface area contributed by atoms with E-state index >= 15 is 0 Å². The molecule has 16 heavy (non-hydrogen) atoms. The second-order valence-electron chi connectivity index (χ2n) is 3.01. The molecule has 1 N–H and O–H groups in total. The minimum absolute atomic E-state index is 0.0737. The van der Waals surface area contributed by atoms with E-state index in [-0.39, 0.29) is 11.3 Å². The molecule has 5 heteroatoms. The van der Waals surface area contributed by atoms with Gasteiger partial charge in [-0.3, -0.25) is 4.79 Å². The van der Waals surface area contributed by atoms with Crippen molar-refractivity contribution in [3.63, 3.8) is 0 Å². The number of hydrogen-bond donors (Lipinski definition) is 1. The van der Waals surface area contributed by atoms with E-state index in [9.17, 15) is 14.7 Å². The summed E-state index contributed by atoms with van der Waals surface area (Å²) in [5.41, 5.74) is 0.262. The number of hydrogen-bond acceptors (Lipinski definition) is 5. The van der Waals surface area contributed by atoms with Gasteiger partial charge in [0.15, 0.2) is 0 Å². The number of ether oxygens (including phenoxy) is 1. The van der Waals surface area contributed by atoms with Crippen molar-refractivity contribution >= 4 is 11.8 Å². The minimum atomic E-state index is -1.25. The molecule has 1 rings (SSSR count). The Bertz CT molecular complexity index is 461. The van der Waals surface area contributed by atoms with Crippen LogP contribution in [-0.2, 0) is 14.3 Å². The first-order valence-corrected chi connectivity index (χ1v) is 4.41. The normalized spacial score (nSPS) is 11.2. The Morgan fingerprint density at radius 3 is 2.69 bits per heavy atom. The average molecular weight is 219 g/mol. The second kappa shape index (κ2) is 4.94. The lowest BCUT2D eigenvalue weighted by Crippen LogP contribution is -2.22. The van der Waals surface area contributed by atoms with Gasteiger partial charge in [-0.25, -0.2) is 4.79 Å². The monoisotopic (exact) mass is 219 g/mol. The number of Topliss-reactive ketones (excluding diaryl/α,β-unsaturated/α-hetero) is 1. The third-order valence-electron chi connectivity index (χ3n) is 1.98. The fraction of sp³-hybridized carbons (Fsp3) is 0.182. The number of rotatable bonds is 3. The summed E-state index contributed by atoms with van der Waals surface area (Å²) in [6.07, 6.45) is 0. The van der Waals surface area contributed by atoms with E-state index in [1.807, 2.05) is 0 Å². The average Bonchev–Trinajstić information content (AvgIpc) is 2.29. The van der Waals surface area contributed by atoms with Crippen LogP contribution in [0.15, 0.2) is 24.3 Å². The number of nitriles is 1. The molecule has 0 fully saturated rings. The summed E-state index contributed by atoms with van der Waals surface area (Å²) >= 11 is 0. The molecule has 0 aliphatic heterocycles. The number of benzene rings is 1. The molecule has 0 spiro atoms. The first-order chi connectivity index (χ1) is 7.60. The molecule has 0 amide bonds. The Morgan fingerprint density at radius 2 is 2.19 bits per heavy atom. The number of carbonyl (C=O) groups excluding carboxylic acids is 2. The van der Waals surface area contributed by atoms with Crippen molar-refractivity contribution in [2.45, 2.75) is 5.92 Å². The van der Waals surface area contributed by atoms with E-state index < -0.39 is 17.7 Å². The molecular weight excluding hydrogens is 210 g/mol. The molecule has 1 unspecified atom stereocenters. The minimum Gasteiger partial charge on any atom is -0.508 e. The van der Waals surface area contributed by atoms with Crippen molar-refractivity contribution in [2.75, 3.05) is 7.11 Å². The highest BCUT2D eigenvalue weighted by atomic mass is 16.5. The Kier molecular flexibility index (Phi) is 3.62. The number of nitrogens with zero attached hydrogens (tertiary/aromatic N) is 1. The van der Waals surface area contributed by atoms with Gasteiger partial charge in [-0.05, 0) is 17.7 Å². The van der Waals surface area contributed by atoms with Gasteiger partial charge in [0, 0.05) is 0 Å². The van der Waals surface area contributed by atoms with Gasteiger partial charge in [0.25, 0.3) is 5.78 Å². The number of methoxy groups -OCH3 is 1. The van der Waals surface area contributed by atoms with E-state index in [0.29, 0.717) is 0 Å². The van der Waals surface area contributed by atoms with Crippen LogP contribution in [0.5, 0.6) is 5.75 Å². The van der Waals surface area contributed by atoms with Crippen LogP contribution in [0.25, 0.3) is 0 Å². The maximum atomic E-state index is 11.4. The summed E-state index contributed by atoms with van der Waals surface area (Å²) in [6, 6.07) is 7.33. The number of aromatic hydroxyl groups is 1. The third-order valence-corrected chi connectivity index (χ3v) is 1.98. The summed E-state index contributed by atoms with van der Waals surface area (Å²) in [7, 11) is 1.07. The molecule has 1 aromatic carbocycles. The van der Waals surface area contributed by atoms with Crippen molar-refractivity contribution in [1.29, 1.82) is 5.26 Å². The highest BCUT2D eigenvalue weighted by Crippen LogP contribution is 2.20. The van der Waals surface area contributed by atoms with E-state index in [2.05, 4.69) is 4.74 Å². The summed E-state index contributed by atoms with van der Waals surface area (Å²) < 4.78 is 4.24. The number of phenols is 1. The first kappa shape index (κ1) is 11.7. The van der Waals surface area contributed by atoms with E-state index in [1.165, 1.54) is 24.3 Å². The van der Waals surface area contributed by atoms with E-state index in [1.54, 1.807) is 6.07 Å². The van der Waals surface area contributed by atoms with E-state index in [4.69, 9.17) is 5.26 Å². The Morgan fingerprint density at radius 1 is 1.50 bits per heavy atom.